The second-order valence-corrected chi connectivity index (χ2v) is 6.81. The molecule has 1 aromatic heterocycles. The minimum Gasteiger partial charge on any atom is -0.475 e. The molecular formula is C20H21ClFN3O4. The Labute approximate surface area is 173 Å². The predicted octanol–water partition coefficient (Wildman–Crippen LogP) is 2.50. The molecule has 0 bridgehead atoms. The van der Waals surface area contributed by atoms with Crippen LogP contribution in [0.1, 0.15) is 20.7 Å². The van der Waals surface area contributed by atoms with E-state index in [2.05, 4.69) is 4.98 Å². The number of hydrogen-bond acceptors (Lipinski definition) is 5. The summed E-state index contributed by atoms with van der Waals surface area (Å²) in [7, 11) is 1.56. The largest absolute Gasteiger partial charge is 0.475 e. The summed E-state index contributed by atoms with van der Waals surface area (Å²) in [5.74, 6) is -0.738. The number of halogens is 2. The maximum absolute atomic E-state index is 13.2. The molecule has 0 aliphatic carbocycles. The summed E-state index contributed by atoms with van der Waals surface area (Å²) in [6.45, 7) is 2.08. The average Bonchev–Trinajstić information content (AvgIpc) is 2.73. The Kier molecular flexibility index (Phi) is 7.00. The number of nitrogens with zero attached hydrogens (tertiary/aromatic N) is 3. The summed E-state index contributed by atoms with van der Waals surface area (Å²) in [6.07, 6.45) is 1.56. The summed E-state index contributed by atoms with van der Waals surface area (Å²) in [5.41, 5.74) is 0.610. The van der Waals surface area contributed by atoms with Crippen LogP contribution in [-0.2, 0) is 4.74 Å². The van der Waals surface area contributed by atoms with Gasteiger partial charge in [0.25, 0.3) is 11.8 Å². The molecule has 0 spiro atoms. The molecule has 0 atom stereocenters. The number of hydrogen-bond donors (Lipinski definition) is 0. The molecule has 1 fully saturated rings. The average molecular weight is 422 g/mol. The van der Waals surface area contributed by atoms with Crippen molar-refractivity contribution in [3.63, 3.8) is 0 Å². The number of carbonyl (C=O) groups is 2. The van der Waals surface area contributed by atoms with Crippen LogP contribution in [0.2, 0.25) is 5.02 Å². The van der Waals surface area contributed by atoms with Gasteiger partial charge in [-0.1, -0.05) is 11.6 Å². The number of pyridine rings is 1. The molecule has 0 radical (unpaired) electrons. The monoisotopic (exact) mass is 421 g/mol. The normalized spacial score (nSPS) is 14.0. The predicted molar refractivity (Wildman–Crippen MR) is 105 cm³/mol. The number of methoxy groups -OCH3 is 1. The molecule has 154 valence electrons. The van der Waals surface area contributed by atoms with Crippen LogP contribution in [0.4, 0.5) is 4.39 Å². The maximum Gasteiger partial charge on any atom is 0.259 e. The first-order chi connectivity index (χ1) is 14.0. The molecule has 1 aliphatic heterocycles. The van der Waals surface area contributed by atoms with Gasteiger partial charge in [-0.15, -0.1) is 0 Å². The molecule has 29 heavy (non-hydrogen) atoms. The van der Waals surface area contributed by atoms with E-state index in [9.17, 15) is 14.0 Å². The zero-order valence-corrected chi connectivity index (χ0v) is 16.7. The topological polar surface area (TPSA) is 72.0 Å². The van der Waals surface area contributed by atoms with Crippen LogP contribution in [0.5, 0.6) is 5.88 Å². The van der Waals surface area contributed by atoms with E-state index in [1.165, 1.54) is 12.1 Å². The molecule has 9 heteroatoms. The van der Waals surface area contributed by atoms with Gasteiger partial charge in [-0.25, -0.2) is 9.37 Å². The van der Waals surface area contributed by atoms with Crippen molar-refractivity contribution in [1.82, 2.24) is 14.8 Å². The molecule has 3 rings (SSSR count). The van der Waals surface area contributed by atoms with Gasteiger partial charge in [0.2, 0.25) is 5.88 Å². The number of ether oxygens (including phenoxy) is 2. The summed E-state index contributed by atoms with van der Waals surface area (Å²) in [5, 5.41) is 0.0710. The Morgan fingerprint density at radius 3 is 2.34 bits per heavy atom. The summed E-state index contributed by atoms with van der Waals surface area (Å²) < 4.78 is 23.7. The Balaban J connectivity index is 1.63. The number of aromatic nitrogens is 1. The van der Waals surface area contributed by atoms with E-state index in [1.807, 2.05) is 0 Å². The highest BCUT2D eigenvalue weighted by molar-refractivity contribution is 6.33. The van der Waals surface area contributed by atoms with Gasteiger partial charge in [0.1, 0.15) is 18.0 Å². The minimum absolute atomic E-state index is 0.0710. The highest BCUT2D eigenvalue weighted by Gasteiger charge is 2.28. The number of benzene rings is 1. The van der Waals surface area contributed by atoms with Crippen molar-refractivity contribution in [2.45, 2.75) is 0 Å². The Bertz CT molecular complexity index is 888. The van der Waals surface area contributed by atoms with Crippen LogP contribution < -0.4 is 4.74 Å². The third kappa shape index (κ3) is 5.02. The Morgan fingerprint density at radius 2 is 1.72 bits per heavy atom. The molecular weight excluding hydrogens is 401 g/mol. The van der Waals surface area contributed by atoms with E-state index in [0.29, 0.717) is 38.3 Å². The van der Waals surface area contributed by atoms with Crippen molar-refractivity contribution in [3.05, 3.63) is 58.5 Å². The first-order valence-electron chi connectivity index (χ1n) is 9.11. The van der Waals surface area contributed by atoms with Crippen molar-refractivity contribution < 1.29 is 23.5 Å². The zero-order chi connectivity index (χ0) is 20.8. The Morgan fingerprint density at radius 1 is 1.07 bits per heavy atom. The molecule has 0 saturated carbocycles. The fraction of sp³-hybridized carbons (Fsp3) is 0.350. The lowest BCUT2D eigenvalue weighted by atomic mass is 10.1. The second-order valence-electron chi connectivity index (χ2n) is 6.41. The van der Waals surface area contributed by atoms with E-state index < -0.39 is 5.82 Å². The van der Waals surface area contributed by atoms with Gasteiger partial charge in [-0.3, -0.25) is 9.59 Å². The third-order valence-corrected chi connectivity index (χ3v) is 4.86. The van der Waals surface area contributed by atoms with Gasteiger partial charge in [0.05, 0.1) is 17.2 Å². The lowest BCUT2D eigenvalue weighted by Gasteiger charge is -2.35. The number of piperazine rings is 1. The van der Waals surface area contributed by atoms with Crippen LogP contribution in [0.25, 0.3) is 0 Å². The highest BCUT2D eigenvalue weighted by atomic mass is 35.5. The quantitative estimate of drug-likeness (QED) is 0.670. The molecule has 2 heterocycles. The smallest absolute Gasteiger partial charge is 0.259 e. The molecule has 1 saturated heterocycles. The lowest BCUT2D eigenvalue weighted by molar-refractivity contribution is 0.0531. The van der Waals surface area contributed by atoms with E-state index in [-0.39, 0.29) is 34.9 Å². The fourth-order valence-corrected chi connectivity index (χ4v) is 3.25. The zero-order valence-electron chi connectivity index (χ0n) is 15.9. The number of rotatable bonds is 6. The molecule has 0 unspecified atom stereocenters. The van der Waals surface area contributed by atoms with E-state index >= 15 is 0 Å². The molecule has 2 aromatic rings. The van der Waals surface area contributed by atoms with Crippen LogP contribution in [-0.4, -0.2) is 73.1 Å². The van der Waals surface area contributed by atoms with Crippen molar-refractivity contribution in [1.29, 1.82) is 0 Å². The van der Waals surface area contributed by atoms with Crippen LogP contribution in [0.3, 0.4) is 0 Å². The first-order valence-corrected chi connectivity index (χ1v) is 9.49. The highest BCUT2D eigenvalue weighted by Crippen LogP contribution is 2.21. The summed E-state index contributed by atoms with van der Waals surface area (Å²) in [6, 6.07) is 7.02. The van der Waals surface area contributed by atoms with Gasteiger partial charge in [-0.2, -0.15) is 0 Å². The lowest BCUT2D eigenvalue weighted by Crippen LogP contribution is -2.50. The van der Waals surface area contributed by atoms with Crippen molar-refractivity contribution >= 4 is 23.4 Å². The SMILES string of the molecule is COCCOc1ncccc1C(=O)N1CCN(C(=O)c2ccc(F)cc2Cl)CC1. The summed E-state index contributed by atoms with van der Waals surface area (Å²) >= 11 is 5.99. The second kappa shape index (κ2) is 9.67. The van der Waals surface area contributed by atoms with Crippen molar-refractivity contribution in [3.8, 4) is 5.88 Å². The van der Waals surface area contributed by atoms with E-state index in [1.54, 1.807) is 35.2 Å². The third-order valence-electron chi connectivity index (χ3n) is 4.54. The number of carbonyl (C=O) groups excluding carboxylic acids is 2. The molecule has 2 amide bonds. The van der Waals surface area contributed by atoms with Gasteiger partial charge in [0.15, 0.2) is 0 Å². The minimum atomic E-state index is -0.498. The molecule has 0 N–H and O–H groups in total. The standard InChI is InChI=1S/C20H21ClFN3O4/c1-28-11-12-29-18-16(3-2-6-23-18)20(27)25-9-7-24(8-10-25)19(26)15-5-4-14(22)13-17(15)21/h2-6,13H,7-12H2,1H3. The van der Waals surface area contributed by atoms with Crippen molar-refractivity contribution in [2.24, 2.45) is 0 Å². The first kappa shape index (κ1) is 21.0. The van der Waals surface area contributed by atoms with Crippen LogP contribution >= 0.6 is 11.6 Å². The summed E-state index contributed by atoms with van der Waals surface area (Å²) in [4.78, 5) is 32.9. The van der Waals surface area contributed by atoms with E-state index in [4.69, 9.17) is 21.1 Å². The van der Waals surface area contributed by atoms with Crippen LogP contribution in [0, 0.1) is 5.82 Å². The van der Waals surface area contributed by atoms with Gasteiger partial charge < -0.3 is 19.3 Å². The van der Waals surface area contributed by atoms with Gasteiger partial charge in [0, 0.05) is 39.5 Å². The van der Waals surface area contributed by atoms with E-state index in [0.717, 1.165) is 6.07 Å². The van der Waals surface area contributed by atoms with Crippen molar-refractivity contribution in [2.75, 3.05) is 46.5 Å². The maximum atomic E-state index is 13.2. The Hall–Kier alpha value is -2.71. The molecule has 7 nitrogen and oxygen atoms in total. The van der Waals surface area contributed by atoms with Crippen LogP contribution in [0.15, 0.2) is 36.5 Å². The molecule has 1 aromatic carbocycles. The van der Waals surface area contributed by atoms with Gasteiger partial charge in [-0.05, 0) is 30.3 Å². The number of amides is 2. The van der Waals surface area contributed by atoms with Gasteiger partial charge >= 0.3 is 0 Å². The fourth-order valence-electron chi connectivity index (χ4n) is 3.01. The molecule has 1 aliphatic rings.